The number of benzene rings is 2. The Balaban J connectivity index is 1.68. The number of aromatic nitrogens is 1. The van der Waals surface area contributed by atoms with Gasteiger partial charge in [-0.05, 0) is 36.4 Å². The third-order valence-electron chi connectivity index (χ3n) is 3.89. The Kier molecular flexibility index (Phi) is 7.83. The molecule has 0 unspecified atom stereocenters. The minimum absolute atomic E-state index is 0.0160. The monoisotopic (exact) mass is 429 g/mol. The number of azo groups is 1. The highest BCUT2D eigenvalue weighted by atomic mass is 35.5. The molecule has 0 atom stereocenters. The molecule has 2 N–H and O–H groups in total. The summed E-state index contributed by atoms with van der Waals surface area (Å²) in [5.41, 5.74) is 2.38. The zero-order chi connectivity index (χ0) is 20.5. The maximum absolute atomic E-state index is 9.13. The van der Waals surface area contributed by atoms with Crippen molar-refractivity contribution in [3.05, 3.63) is 64.6 Å². The highest BCUT2D eigenvalue weighted by Crippen LogP contribution is 2.30. The zero-order valence-electron chi connectivity index (χ0n) is 15.5. The van der Waals surface area contributed by atoms with Gasteiger partial charge in [0.1, 0.15) is 0 Å². The summed E-state index contributed by atoms with van der Waals surface area (Å²) < 4.78 is 0. The second kappa shape index (κ2) is 10.8. The third kappa shape index (κ3) is 6.16. The predicted octanol–water partition coefficient (Wildman–Crippen LogP) is 4.75. The number of thiazole rings is 1. The summed E-state index contributed by atoms with van der Waals surface area (Å²) in [5, 5.41) is 27.4. The van der Waals surface area contributed by atoms with E-state index in [0.29, 0.717) is 33.9 Å². The lowest BCUT2D eigenvalue weighted by Gasteiger charge is -2.22. The molecular formula is C20H20ClN5O2S. The van der Waals surface area contributed by atoms with Gasteiger partial charge in [-0.3, -0.25) is 4.99 Å². The molecule has 1 aromatic heterocycles. The summed E-state index contributed by atoms with van der Waals surface area (Å²) in [6.07, 6.45) is 1.67. The van der Waals surface area contributed by atoms with Gasteiger partial charge in [-0.1, -0.05) is 41.1 Å². The molecule has 3 rings (SSSR count). The normalized spacial score (nSPS) is 11.6. The van der Waals surface area contributed by atoms with Crippen molar-refractivity contribution in [1.29, 1.82) is 0 Å². The highest BCUT2D eigenvalue weighted by Gasteiger charge is 2.08. The number of aliphatic hydroxyl groups excluding tert-OH is 2. The Bertz CT molecular complexity index is 955. The van der Waals surface area contributed by atoms with Crippen molar-refractivity contribution in [2.24, 2.45) is 15.2 Å². The van der Waals surface area contributed by atoms with E-state index in [9.17, 15) is 0 Å². The summed E-state index contributed by atoms with van der Waals surface area (Å²) in [7, 11) is 0. The number of para-hydroxylation sites is 1. The average molecular weight is 430 g/mol. The van der Waals surface area contributed by atoms with E-state index in [1.165, 1.54) is 11.3 Å². The Morgan fingerprint density at radius 2 is 1.62 bits per heavy atom. The van der Waals surface area contributed by atoms with Gasteiger partial charge in [0, 0.05) is 25.0 Å². The second-order valence-corrected chi connectivity index (χ2v) is 7.26. The van der Waals surface area contributed by atoms with Gasteiger partial charge in [-0.2, -0.15) is 0 Å². The van der Waals surface area contributed by atoms with E-state index in [1.807, 2.05) is 59.5 Å². The Morgan fingerprint density at radius 1 is 0.931 bits per heavy atom. The molecule has 0 aliphatic rings. The largest absolute Gasteiger partial charge is 0.395 e. The number of aliphatic imine (C=N–C) groups is 1. The number of rotatable bonds is 9. The lowest BCUT2D eigenvalue weighted by atomic mass is 10.2. The maximum atomic E-state index is 9.13. The van der Waals surface area contributed by atoms with E-state index >= 15 is 0 Å². The summed E-state index contributed by atoms with van der Waals surface area (Å²) in [6, 6.07) is 16.9. The van der Waals surface area contributed by atoms with Crippen molar-refractivity contribution < 1.29 is 10.2 Å². The van der Waals surface area contributed by atoms with E-state index in [-0.39, 0.29) is 13.2 Å². The SMILES string of the molecule is OCCN(CCO)c1ccc(N=Nc2nc(Cl)c(C=Nc3ccccc3)s2)cc1. The standard InChI is InChI=1S/C20H20ClN5O2S/c21-19-18(14-22-15-4-2-1-3-5-15)29-20(23-19)25-24-16-6-8-17(9-7-16)26(10-12-27)11-13-28/h1-9,14,27-28H,10-13H2. The number of aliphatic hydroxyl groups is 2. The van der Waals surface area contributed by atoms with Crippen LogP contribution in [0.4, 0.5) is 22.2 Å². The Hall–Kier alpha value is -2.65. The van der Waals surface area contributed by atoms with Crippen LogP contribution in [0.3, 0.4) is 0 Å². The van der Waals surface area contributed by atoms with Crippen LogP contribution in [0.1, 0.15) is 4.88 Å². The van der Waals surface area contributed by atoms with Gasteiger partial charge in [-0.15, -0.1) is 10.2 Å². The van der Waals surface area contributed by atoms with Crippen LogP contribution in [-0.4, -0.2) is 47.7 Å². The first-order chi connectivity index (χ1) is 14.2. The van der Waals surface area contributed by atoms with Gasteiger partial charge >= 0.3 is 0 Å². The van der Waals surface area contributed by atoms with E-state index in [1.54, 1.807) is 6.21 Å². The van der Waals surface area contributed by atoms with Gasteiger partial charge in [0.2, 0.25) is 5.13 Å². The van der Waals surface area contributed by atoms with E-state index < -0.39 is 0 Å². The maximum Gasteiger partial charge on any atom is 0.232 e. The number of hydrogen-bond acceptors (Lipinski definition) is 8. The molecule has 0 bridgehead atoms. The van der Waals surface area contributed by atoms with Crippen molar-refractivity contribution in [2.45, 2.75) is 0 Å². The minimum atomic E-state index is 0.0160. The molecule has 0 aliphatic heterocycles. The molecular weight excluding hydrogens is 410 g/mol. The van der Waals surface area contributed by atoms with Crippen LogP contribution < -0.4 is 4.90 Å². The molecule has 0 fully saturated rings. The molecule has 0 aliphatic carbocycles. The van der Waals surface area contributed by atoms with Crippen molar-refractivity contribution >= 4 is 51.3 Å². The zero-order valence-corrected chi connectivity index (χ0v) is 17.1. The van der Waals surface area contributed by atoms with Crippen LogP contribution in [0, 0.1) is 0 Å². The number of anilines is 1. The fraction of sp³-hybridized carbons (Fsp3) is 0.200. The smallest absolute Gasteiger partial charge is 0.232 e. The van der Waals surface area contributed by atoms with Crippen LogP contribution in [0.2, 0.25) is 5.15 Å². The number of nitrogens with zero attached hydrogens (tertiary/aromatic N) is 5. The fourth-order valence-corrected chi connectivity index (χ4v) is 3.46. The summed E-state index contributed by atoms with van der Waals surface area (Å²) in [4.78, 5) is 11.2. The van der Waals surface area contributed by atoms with E-state index in [4.69, 9.17) is 21.8 Å². The van der Waals surface area contributed by atoms with E-state index in [2.05, 4.69) is 20.2 Å². The van der Waals surface area contributed by atoms with Gasteiger partial charge in [0.25, 0.3) is 0 Å². The quantitative estimate of drug-likeness (QED) is 0.379. The van der Waals surface area contributed by atoms with E-state index in [0.717, 1.165) is 11.4 Å². The highest BCUT2D eigenvalue weighted by molar-refractivity contribution is 7.17. The van der Waals surface area contributed by atoms with Crippen LogP contribution in [-0.2, 0) is 0 Å². The molecule has 0 radical (unpaired) electrons. The van der Waals surface area contributed by atoms with Gasteiger partial charge < -0.3 is 15.1 Å². The molecule has 0 amide bonds. The third-order valence-corrected chi connectivity index (χ3v) is 5.17. The molecule has 7 nitrogen and oxygen atoms in total. The van der Waals surface area contributed by atoms with Gasteiger partial charge in [0.15, 0.2) is 5.15 Å². The first-order valence-electron chi connectivity index (χ1n) is 8.93. The summed E-state index contributed by atoms with van der Waals surface area (Å²) >= 11 is 7.47. The molecule has 0 saturated heterocycles. The predicted molar refractivity (Wildman–Crippen MR) is 118 cm³/mol. The molecule has 3 aromatic rings. The average Bonchev–Trinajstić information content (AvgIpc) is 3.11. The summed E-state index contributed by atoms with van der Waals surface area (Å²) in [6.45, 7) is 0.934. The Labute approximate surface area is 177 Å². The van der Waals surface area contributed by atoms with Crippen molar-refractivity contribution in [1.82, 2.24) is 4.98 Å². The van der Waals surface area contributed by atoms with Crippen LogP contribution in [0.25, 0.3) is 0 Å². The second-order valence-electron chi connectivity index (χ2n) is 5.90. The van der Waals surface area contributed by atoms with Crippen molar-refractivity contribution in [2.75, 3.05) is 31.2 Å². The first-order valence-corrected chi connectivity index (χ1v) is 10.1. The lowest BCUT2D eigenvalue weighted by Crippen LogP contribution is -2.29. The molecule has 1 heterocycles. The molecule has 150 valence electrons. The lowest BCUT2D eigenvalue weighted by molar-refractivity contribution is 0.281. The number of hydrogen-bond donors (Lipinski definition) is 2. The summed E-state index contributed by atoms with van der Waals surface area (Å²) in [5.74, 6) is 0. The molecule has 2 aromatic carbocycles. The fourth-order valence-electron chi connectivity index (χ4n) is 2.51. The first kappa shape index (κ1) is 21.1. The molecule has 29 heavy (non-hydrogen) atoms. The van der Waals surface area contributed by atoms with Crippen LogP contribution in [0.15, 0.2) is 69.8 Å². The topological polar surface area (TPSA) is 93.7 Å². The van der Waals surface area contributed by atoms with Crippen LogP contribution >= 0.6 is 22.9 Å². The van der Waals surface area contributed by atoms with Crippen molar-refractivity contribution in [3.8, 4) is 0 Å². The van der Waals surface area contributed by atoms with Gasteiger partial charge in [0.05, 0.1) is 29.5 Å². The molecule has 9 heteroatoms. The Morgan fingerprint density at radius 3 is 2.28 bits per heavy atom. The molecule has 0 spiro atoms. The van der Waals surface area contributed by atoms with Crippen molar-refractivity contribution in [3.63, 3.8) is 0 Å². The van der Waals surface area contributed by atoms with Crippen LogP contribution in [0.5, 0.6) is 0 Å². The number of halogens is 1. The molecule has 0 saturated carbocycles. The van der Waals surface area contributed by atoms with Gasteiger partial charge in [-0.25, -0.2) is 4.98 Å². The minimum Gasteiger partial charge on any atom is -0.395 e.